The molecule has 1 atom stereocenters. The number of alkyl halides is 3. The topological polar surface area (TPSA) is 93.8 Å². The highest BCUT2D eigenvalue weighted by Crippen LogP contribution is 2.24. The Morgan fingerprint density at radius 2 is 2.00 bits per heavy atom. The molecule has 0 saturated carbocycles. The van der Waals surface area contributed by atoms with Crippen LogP contribution >= 0.6 is 0 Å². The second-order valence-corrected chi connectivity index (χ2v) is 7.42. The van der Waals surface area contributed by atoms with Crippen LogP contribution in [0.25, 0.3) is 0 Å². The van der Waals surface area contributed by atoms with Gasteiger partial charge in [0.2, 0.25) is 0 Å². The van der Waals surface area contributed by atoms with Gasteiger partial charge < -0.3 is 15.8 Å². The summed E-state index contributed by atoms with van der Waals surface area (Å²) in [7, 11) is -2.96. The monoisotopic (exact) mass is 351 g/mol. The normalized spacial score (nSPS) is 21.2. The van der Waals surface area contributed by atoms with Crippen LogP contribution in [0.4, 0.5) is 18.9 Å². The summed E-state index contributed by atoms with van der Waals surface area (Å²) < 4.78 is 62.5. The summed E-state index contributed by atoms with van der Waals surface area (Å²) >= 11 is 0. The summed E-state index contributed by atoms with van der Waals surface area (Å²) in [6.07, 6.45) is -4.18. The summed E-state index contributed by atoms with van der Waals surface area (Å²) in [5, 5.41) is 2.72. The molecule has 23 heavy (non-hydrogen) atoms. The maximum Gasteiger partial charge on any atom is 0.573 e. The number of halogens is 3. The van der Waals surface area contributed by atoms with Gasteiger partial charge in [0.05, 0.1) is 11.5 Å². The molecule has 10 heteroatoms. The zero-order valence-corrected chi connectivity index (χ0v) is 12.8. The Hall–Kier alpha value is -1.97. The lowest BCUT2D eigenvalue weighted by atomic mass is 10.1. The fourth-order valence-corrected chi connectivity index (χ4v) is 4.02. The predicted molar refractivity (Wildman–Crippen MR) is 80.0 cm³/mol. The van der Waals surface area contributed by atoms with Gasteiger partial charge in [-0.1, -0.05) is 0 Å². The molecule has 0 bridgehead atoms. The number of nitrogens with two attached hydrogens (primary N) is 1. The first kappa shape index (κ1) is 17.4. The van der Waals surface area contributed by atoms with Crippen molar-refractivity contribution in [1.29, 1.82) is 0 Å². The van der Waals surface area contributed by atoms with E-state index >= 15 is 0 Å². The number of ether oxygens (including phenoxy) is 1. The van der Waals surface area contributed by atoms with E-state index in [1.54, 1.807) is 0 Å². The number of anilines is 1. The molecule has 1 aromatic rings. The van der Waals surface area contributed by atoms with E-state index in [1.807, 2.05) is 0 Å². The van der Waals surface area contributed by atoms with Crippen molar-refractivity contribution in [3.63, 3.8) is 0 Å². The Morgan fingerprint density at radius 1 is 1.35 bits per heavy atom. The van der Waals surface area contributed by atoms with Crippen molar-refractivity contribution in [3.05, 3.63) is 24.3 Å². The molecular weight excluding hydrogens is 335 g/mol. The number of guanidine groups is 1. The van der Waals surface area contributed by atoms with Crippen molar-refractivity contribution in [2.45, 2.75) is 12.8 Å². The number of aliphatic imine (C=N–C) groups is 1. The van der Waals surface area contributed by atoms with Gasteiger partial charge >= 0.3 is 6.36 Å². The highest BCUT2D eigenvalue weighted by atomic mass is 32.2. The third kappa shape index (κ3) is 5.97. The molecule has 0 amide bonds. The van der Waals surface area contributed by atoms with E-state index in [0.717, 1.165) is 12.1 Å². The molecule has 1 saturated heterocycles. The van der Waals surface area contributed by atoms with Crippen molar-refractivity contribution in [2.24, 2.45) is 16.6 Å². The molecular formula is C13H16F3N3O3S. The minimum atomic E-state index is -4.74. The molecule has 6 nitrogen and oxygen atoms in total. The molecule has 1 fully saturated rings. The van der Waals surface area contributed by atoms with E-state index in [-0.39, 0.29) is 35.7 Å². The summed E-state index contributed by atoms with van der Waals surface area (Å²) in [5.41, 5.74) is 6.11. The van der Waals surface area contributed by atoms with Crippen molar-refractivity contribution in [2.75, 3.05) is 23.4 Å². The number of sulfone groups is 1. The first-order valence-corrected chi connectivity index (χ1v) is 8.58. The number of rotatable bonds is 4. The number of hydrogen-bond acceptors (Lipinski definition) is 4. The second kappa shape index (κ2) is 6.65. The third-order valence-corrected chi connectivity index (χ3v) is 5.04. The van der Waals surface area contributed by atoms with E-state index < -0.39 is 16.2 Å². The molecule has 1 unspecified atom stereocenters. The molecule has 0 spiro atoms. The first-order chi connectivity index (χ1) is 10.6. The quantitative estimate of drug-likeness (QED) is 0.637. The fourth-order valence-electron chi connectivity index (χ4n) is 2.17. The van der Waals surface area contributed by atoms with Gasteiger partial charge in [-0.25, -0.2) is 8.42 Å². The summed E-state index contributed by atoms with van der Waals surface area (Å²) in [5.74, 6) is -0.0505. The Morgan fingerprint density at radius 3 is 2.52 bits per heavy atom. The van der Waals surface area contributed by atoms with Gasteiger partial charge in [-0.15, -0.1) is 13.2 Å². The number of nitrogens with one attached hydrogen (secondary N) is 1. The van der Waals surface area contributed by atoms with Crippen LogP contribution in [-0.4, -0.2) is 38.8 Å². The Balaban J connectivity index is 1.87. The molecule has 1 aliphatic heterocycles. The average molecular weight is 351 g/mol. The van der Waals surface area contributed by atoms with E-state index in [9.17, 15) is 21.6 Å². The van der Waals surface area contributed by atoms with Crippen LogP contribution in [0.5, 0.6) is 5.75 Å². The Labute approximate surface area is 131 Å². The van der Waals surface area contributed by atoms with Crippen molar-refractivity contribution < 1.29 is 26.3 Å². The smallest absolute Gasteiger partial charge is 0.406 e. The van der Waals surface area contributed by atoms with Crippen LogP contribution in [0.1, 0.15) is 6.42 Å². The van der Waals surface area contributed by atoms with E-state index in [0.29, 0.717) is 12.1 Å². The van der Waals surface area contributed by atoms with Crippen molar-refractivity contribution in [3.8, 4) is 5.75 Å². The molecule has 128 valence electrons. The fraction of sp³-hybridized carbons (Fsp3) is 0.462. The Bertz CT molecular complexity index is 672. The van der Waals surface area contributed by atoms with Crippen LogP contribution in [0, 0.1) is 5.92 Å². The minimum Gasteiger partial charge on any atom is -0.406 e. The average Bonchev–Trinajstić information content (AvgIpc) is 2.77. The predicted octanol–water partition coefficient (Wildman–Crippen LogP) is 1.75. The number of nitrogens with zero attached hydrogens (tertiary/aromatic N) is 1. The lowest BCUT2D eigenvalue weighted by Crippen LogP contribution is -2.24. The van der Waals surface area contributed by atoms with E-state index in [2.05, 4.69) is 15.0 Å². The molecule has 3 N–H and O–H groups in total. The third-order valence-electron chi connectivity index (χ3n) is 3.21. The highest BCUT2D eigenvalue weighted by Gasteiger charge is 2.31. The van der Waals surface area contributed by atoms with Gasteiger partial charge in [-0.3, -0.25) is 4.99 Å². The molecule has 1 heterocycles. The molecule has 1 aliphatic rings. The summed E-state index contributed by atoms with van der Waals surface area (Å²) in [4.78, 5) is 4.06. The summed E-state index contributed by atoms with van der Waals surface area (Å²) in [6, 6.07) is 5.02. The van der Waals surface area contributed by atoms with E-state index in [1.165, 1.54) is 12.1 Å². The largest absolute Gasteiger partial charge is 0.573 e. The lowest BCUT2D eigenvalue weighted by molar-refractivity contribution is -0.274. The molecule has 2 rings (SSSR count). The highest BCUT2D eigenvalue weighted by molar-refractivity contribution is 7.91. The zero-order chi connectivity index (χ0) is 17.1. The molecule has 0 aliphatic carbocycles. The first-order valence-electron chi connectivity index (χ1n) is 6.76. The SMILES string of the molecule is NC(=NCC1CCS(=O)(=O)C1)Nc1ccc(OC(F)(F)F)cc1. The van der Waals surface area contributed by atoms with Gasteiger partial charge in [0.15, 0.2) is 15.8 Å². The molecule has 1 aromatic carbocycles. The second-order valence-electron chi connectivity index (χ2n) is 5.19. The number of benzene rings is 1. The minimum absolute atomic E-state index is 0.0529. The van der Waals surface area contributed by atoms with Crippen LogP contribution in [0.15, 0.2) is 29.3 Å². The van der Waals surface area contributed by atoms with Crippen LogP contribution in [0.2, 0.25) is 0 Å². The van der Waals surface area contributed by atoms with Crippen molar-refractivity contribution in [1.82, 2.24) is 0 Å². The zero-order valence-electron chi connectivity index (χ0n) is 12.0. The molecule has 0 aromatic heterocycles. The Kier molecular flexibility index (Phi) is 5.03. The maximum absolute atomic E-state index is 12.0. The maximum atomic E-state index is 12.0. The van der Waals surface area contributed by atoms with Crippen LogP contribution < -0.4 is 15.8 Å². The standard InChI is InChI=1S/C13H16F3N3O3S/c14-13(15,16)22-11-3-1-10(2-4-11)19-12(17)18-7-9-5-6-23(20,21)8-9/h1-4,9H,5-8H2,(H3,17,18,19). The number of hydrogen-bond donors (Lipinski definition) is 2. The van der Waals surface area contributed by atoms with Gasteiger partial charge in [0.25, 0.3) is 0 Å². The van der Waals surface area contributed by atoms with Crippen molar-refractivity contribution >= 4 is 21.5 Å². The van der Waals surface area contributed by atoms with Gasteiger partial charge in [0.1, 0.15) is 5.75 Å². The van der Waals surface area contributed by atoms with Crippen LogP contribution in [-0.2, 0) is 9.84 Å². The van der Waals surface area contributed by atoms with Gasteiger partial charge in [0, 0.05) is 12.2 Å². The molecule has 0 radical (unpaired) electrons. The van der Waals surface area contributed by atoms with Crippen LogP contribution in [0.3, 0.4) is 0 Å². The summed E-state index contributed by atoms with van der Waals surface area (Å²) in [6.45, 7) is 0.285. The van der Waals surface area contributed by atoms with Gasteiger partial charge in [-0.05, 0) is 36.6 Å². The van der Waals surface area contributed by atoms with Gasteiger partial charge in [-0.2, -0.15) is 0 Å². The lowest BCUT2D eigenvalue weighted by Gasteiger charge is -2.10. The van der Waals surface area contributed by atoms with E-state index in [4.69, 9.17) is 5.73 Å².